The predicted molar refractivity (Wildman–Crippen MR) is 185 cm³/mol. The molecule has 47 heavy (non-hydrogen) atoms. The number of allylic oxidation sites excluding steroid dienone is 2. The van der Waals surface area contributed by atoms with Gasteiger partial charge in [0.15, 0.2) is 0 Å². The molecule has 7 heteroatoms. The number of hydrogen-bond donors (Lipinski definition) is 2. The lowest BCUT2D eigenvalue weighted by atomic mass is 9.33. The molecule has 6 nitrogen and oxygen atoms in total. The van der Waals surface area contributed by atoms with Crippen molar-refractivity contribution in [3.05, 3.63) is 46.7 Å². The number of carbonyl (C=O) groups excluding carboxylic acids is 1. The number of anilines is 1. The minimum atomic E-state index is -0.520. The summed E-state index contributed by atoms with van der Waals surface area (Å²) in [6, 6.07) is 3.46. The second-order valence-corrected chi connectivity index (χ2v) is 18.3. The number of H-pyrrole nitrogens is 1. The van der Waals surface area contributed by atoms with E-state index in [2.05, 4.69) is 70.6 Å². The highest BCUT2D eigenvalue weighted by Crippen LogP contribution is 2.77. The summed E-state index contributed by atoms with van der Waals surface area (Å²) in [4.78, 5) is 18.6. The number of aromatic amines is 1. The molecule has 0 radical (unpaired) electrons. The summed E-state index contributed by atoms with van der Waals surface area (Å²) in [6.45, 7) is 19.8. The van der Waals surface area contributed by atoms with Crippen LogP contribution in [-0.2, 0) is 21.4 Å². The number of fused-ring (bicyclic) bond motifs is 8. The van der Waals surface area contributed by atoms with E-state index < -0.39 is 11.4 Å². The van der Waals surface area contributed by atoms with E-state index in [1.165, 1.54) is 28.5 Å². The van der Waals surface area contributed by atoms with Crippen molar-refractivity contribution in [3.8, 4) is 0 Å². The Balaban J connectivity index is 1.44. The minimum Gasteiger partial charge on any atom is -0.465 e. The molecule has 3 fully saturated rings. The molecule has 2 aromatic rings. The highest BCUT2D eigenvalue weighted by Gasteiger charge is 2.70. The normalized spacial score (nSPS) is 38.4. The van der Waals surface area contributed by atoms with E-state index in [4.69, 9.17) is 10.5 Å². The van der Waals surface area contributed by atoms with Crippen molar-refractivity contribution in [1.29, 1.82) is 0 Å². The Morgan fingerprint density at radius 1 is 1.04 bits per heavy atom. The zero-order valence-electron chi connectivity index (χ0n) is 30.1. The molecule has 0 spiro atoms. The van der Waals surface area contributed by atoms with Crippen molar-refractivity contribution in [1.82, 2.24) is 15.2 Å². The minimum absolute atomic E-state index is 0.0104. The summed E-state index contributed by atoms with van der Waals surface area (Å²) in [7, 11) is 0. The third-order valence-corrected chi connectivity index (χ3v) is 15.2. The SMILES string of the molecule is CCCCOC(=O)[C@]12CCC(C)(C)C[C@H]1C1=C(c3ccc(F)nc3)CC3[C@@]4(C)Cc5c(N)n[nH]c5C(C)(C)[C@@H]4CC[C@@]3(C)[C@]1(C)CC2. The Morgan fingerprint density at radius 3 is 2.49 bits per heavy atom. The number of nitrogens with zero attached hydrogens (tertiary/aromatic N) is 2. The van der Waals surface area contributed by atoms with Gasteiger partial charge in [0.2, 0.25) is 5.95 Å². The fourth-order valence-corrected chi connectivity index (χ4v) is 12.4. The summed E-state index contributed by atoms with van der Waals surface area (Å²) >= 11 is 0. The lowest BCUT2D eigenvalue weighted by molar-refractivity contribution is -0.180. The fourth-order valence-electron chi connectivity index (χ4n) is 12.4. The second-order valence-electron chi connectivity index (χ2n) is 18.3. The summed E-state index contributed by atoms with van der Waals surface area (Å²) in [5.41, 5.74) is 12.1. The number of ether oxygens (including phenoxy) is 1. The number of nitrogens with one attached hydrogen (secondary N) is 1. The van der Waals surface area contributed by atoms with E-state index in [-0.39, 0.29) is 39.0 Å². The van der Waals surface area contributed by atoms with Crippen molar-refractivity contribution >= 4 is 17.4 Å². The number of esters is 1. The molecule has 0 bridgehead atoms. The number of carbonyl (C=O) groups is 1. The third-order valence-electron chi connectivity index (χ3n) is 15.2. The summed E-state index contributed by atoms with van der Waals surface area (Å²) < 4.78 is 20.5. The zero-order chi connectivity index (χ0) is 33.8. The Hall–Kier alpha value is -2.70. The van der Waals surface area contributed by atoms with E-state index in [1.807, 2.05) is 6.07 Å². The van der Waals surface area contributed by atoms with Gasteiger partial charge >= 0.3 is 5.97 Å². The highest BCUT2D eigenvalue weighted by atomic mass is 19.1. The van der Waals surface area contributed by atoms with Gasteiger partial charge in [0, 0.05) is 22.9 Å². The summed E-state index contributed by atoms with van der Waals surface area (Å²) in [5, 5.41) is 7.86. The number of nitrogens with two attached hydrogens (primary N) is 1. The number of aromatic nitrogens is 3. The van der Waals surface area contributed by atoms with Gasteiger partial charge in [-0.2, -0.15) is 9.49 Å². The summed E-state index contributed by atoms with van der Waals surface area (Å²) in [6.07, 6.45) is 12.4. The topological polar surface area (TPSA) is 93.9 Å². The monoisotopic (exact) mass is 644 g/mol. The molecule has 0 aliphatic heterocycles. The van der Waals surface area contributed by atoms with Crippen molar-refractivity contribution in [2.45, 2.75) is 131 Å². The Labute approximate surface area is 281 Å². The van der Waals surface area contributed by atoms with Crippen molar-refractivity contribution < 1.29 is 13.9 Å². The van der Waals surface area contributed by atoms with Gasteiger partial charge in [-0.05, 0) is 127 Å². The van der Waals surface area contributed by atoms with Crippen LogP contribution in [0.25, 0.3) is 5.57 Å². The average Bonchev–Trinajstić information content (AvgIpc) is 3.38. The number of unbranched alkanes of at least 4 members (excludes halogenated alkanes) is 1. The third kappa shape index (κ3) is 4.49. The lowest BCUT2D eigenvalue weighted by Gasteiger charge is -2.71. The molecule has 1 unspecified atom stereocenters. The van der Waals surface area contributed by atoms with Crippen molar-refractivity contribution in [2.24, 2.45) is 44.8 Å². The summed E-state index contributed by atoms with van der Waals surface area (Å²) in [5.74, 6) is 1.10. The van der Waals surface area contributed by atoms with Crippen LogP contribution >= 0.6 is 0 Å². The molecule has 3 N–H and O–H groups in total. The van der Waals surface area contributed by atoms with Crippen LogP contribution in [0.5, 0.6) is 0 Å². The van der Waals surface area contributed by atoms with Gasteiger partial charge in [0.25, 0.3) is 0 Å². The van der Waals surface area contributed by atoms with E-state index in [1.54, 1.807) is 6.20 Å². The quantitative estimate of drug-likeness (QED) is 0.192. The first-order valence-corrected chi connectivity index (χ1v) is 18.4. The molecule has 0 saturated heterocycles. The van der Waals surface area contributed by atoms with E-state index >= 15 is 0 Å². The smallest absolute Gasteiger partial charge is 0.312 e. The van der Waals surface area contributed by atoms with E-state index in [0.29, 0.717) is 24.3 Å². The zero-order valence-corrected chi connectivity index (χ0v) is 30.1. The maximum atomic E-state index is 14.4. The predicted octanol–water partition coefficient (Wildman–Crippen LogP) is 9.21. The van der Waals surface area contributed by atoms with Crippen LogP contribution in [0.2, 0.25) is 0 Å². The molecular weight excluding hydrogens is 587 g/mol. The Morgan fingerprint density at radius 2 is 1.79 bits per heavy atom. The number of nitrogen functional groups attached to an aromatic ring is 1. The molecule has 2 aromatic heterocycles. The van der Waals surface area contributed by atoms with Crippen LogP contribution in [-0.4, -0.2) is 27.8 Å². The van der Waals surface area contributed by atoms with Crippen LogP contribution in [0.1, 0.15) is 136 Å². The van der Waals surface area contributed by atoms with E-state index in [9.17, 15) is 9.18 Å². The average molecular weight is 645 g/mol. The van der Waals surface area contributed by atoms with Gasteiger partial charge in [0.1, 0.15) is 5.82 Å². The van der Waals surface area contributed by atoms with E-state index in [0.717, 1.165) is 76.2 Å². The second kappa shape index (κ2) is 10.6. The Bertz CT molecular complexity index is 1610. The lowest BCUT2D eigenvalue weighted by Crippen LogP contribution is -2.65. The van der Waals surface area contributed by atoms with Gasteiger partial charge in [-0.15, -0.1) is 0 Å². The molecule has 5 aliphatic rings. The largest absolute Gasteiger partial charge is 0.465 e. The maximum absolute atomic E-state index is 14.4. The van der Waals surface area contributed by atoms with Crippen molar-refractivity contribution in [3.63, 3.8) is 0 Å². The standard InChI is InChI=1S/C40H57FN4O2/c1-9-10-19-47-34(46)40-17-15-35(2,3)22-27(40)31-25(24-11-12-30(41)43-23-24)20-29-37(6)21-26-32(44-45-33(26)42)36(4,5)28(37)13-14-38(29,7)39(31,8)16-18-40/h11-12,23,27-29H,9-10,13-22H2,1-8H3,(H3,42,44,45)/t27-,28-,29?,37-,38+,39+,40-/m0/s1. The first-order chi connectivity index (χ1) is 22.0. The molecule has 7 atom stereocenters. The first kappa shape index (κ1) is 32.8. The van der Waals surface area contributed by atoms with Gasteiger partial charge in [0.05, 0.1) is 12.0 Å². The molecule has 5 aliphatic carbocycles. The van der Waals surface area contributed by atoms with Gasteiger partial charge in [-0.3, -0.25) is 9.89 Å². The van der Waals surface area contributed by atoms with Gasteiger partial charge < -0.3 is 10.5 Å². The molecule has 256 valence electrons. The first-order valence-electron chi connectivity index (χ1n) is 18.4. The van der Waals surface area contributed by atoms with Crippen LogP contribution in [0.15, 0.2) is 23.9 Å². The molecule has 0 aromatic carbocycles. The van der Waals surface area contributed by atoms with Crippen molar-refractivity contribution in [2.75, 3.05) is 12.3 Å². The van der Waals surface area contributed by atoms with Gasteiger partial charge in [-0.25, -0.2) is 4.98 Å². The van der Waals surface area contributed by atoms with Crippen LogP contribution in [0, 0.1) is 50.8 Å². The number of rotatable bonds is 5. The number of hydrogen-bond acceptors (Lipinski definition) is 5. The van der Waals surface area contributed by atoms with Crippen LogP contribution < -0.4 is 5.73 Å². The highest BCUT2D eigenvalue weighted by molar-refractivity contribution is 5.81. The number of halogens is 1. The molecular formula is C40H57FN4O2. The fraction of sp³-hybridized carbons (Fsp3) is 0.725. The number of pyridine rings is 1. The van der Waals surface area contributed by atoms with Gasteiger partial charge in [-0.1, -0.05) is 67.4 Å². The molecule has 3 saturated carbocycles. The molecule has 7 rings (SSSR count). The van der Waals surface area contributed by atoms with Crippen LogP contribution in [0.4, 0.5) is 10.2 Å². The Kier molecular flexibility index (Phi) is 7.44. The molecule has 0 amide bonds. The molecule has 2 heterocycles. The van der Waals surface area contributed by atoms with Crippen LogP contribution in [0.3, 0.4) is 0 Å². The maximum Gasteiger partial charge on any atom is 0.312 e.